The van der Waals surface area contributed by atoms with Crippen molar-refractivity contribution < 1.29 is 9.53 Å². The van der Waals surface area contributed by atoms with Gasteiger partial charge in [0.05, 0.1) is 6.61 Å². The van der Waals surface area contributed by atoms with Gasteiger partial charge in [-0.15, -0.1) is 0 Å². The molecule has 0 rings (SSSR count). The topological polar surface area (TPSA) is 52.3 Å². The van der Waals surface area contributed by atoms with Gasteiger partial charge in [0.15, 0.2) is 0 Å². The van der Waals surface area contributed by atoms with E-state index in [2.05, 4.69) is 0 Å². The summed E-state index contributed by atoms with van der Waals surface area (Å²) in [6.45, 7) is 3.17. The molecular formula is C13H27NO2. The molecule has 96 valence electrons. The predicted octanol–water partition coefficient (Wildman–Crippen LogP) is 3.02. The summed E-state index contributed by atoms with van der Waals surface area (Å²) < 4.78 is 4.86. The van der Waals surface area contributed by atoms with Gasteiger partial charge in [-0.25, -0.2) is 0 Å². The van der Waals surface area contributed by atoms with Gasteiger partial charge in [-0.3, -0.25) is 4.79 Å². The first kappa shape index (κ1) is 15.4. The Morgan fingerprint density at radius 3 is 1.94 bits per heavy atom. The quantitative estimate of drug-likeness (QED) is 0.437. The Kier molecular flexibility index (Phi) is 12.1. The van der Waals surface area contributed by atoms with E-state index in [9.17, 15) is 4.79 Å². The van der Waals surface area contributed by atoms with Crippen LogP contribution < -0.4 is 5.73 Å². The van der Waals surface area contributed by atoms with Gasteiger partial charge >= 0.3 is 5.97 Å². The maximum absolute atomic E-state index is 11.0. The van der Waals surface area contributed by atoms with Gasteiger partial charge in [0.25, 0.3) is 0 Å². The molecule has 0 heterocycles. The summed E-state index contributed by atoms with van der Waals surface area (Å²) in [4.78, 5) is 11.0. The largest absolute Gasteiger partial charge is 0.466 e. The van der Waals surface area contributed by atoms with E-state index < -0.39 is 0 Å². The molecule has 0 atom stereocenters. The van der Waals surface area contributed by atoms with Crippen molar-refractivity contribution in [3.8, 4) is 0 Å². The summed E-state index contributed by atoms with van der Waals surface area (Å²) in [7, 11) is 0. The lowest BCUT2D eigenvalue weighted by molar-refractivity contribution is -0.143. The van der Waals surface area contributed by atoms with Gasteiger partial charge in [-0.05, 0) is 26.3 Å². The monoisotopic (exact) mass is 229 g/mol. The molecule has 0 aromatic carbocycles. The molecule has 0 amide bonds. The first-order chi connectivity index (χ1) is 7.81. The molecule has 0 bridgehead atoms. The molecule has 0 aliphatic carbocycles. The summed E-state index contributed by atoms with van der Waals surface area (Å²) >= 11 is 0. The normalized spacial score (nSPS) is 10.4. The second kappa shape index (κ2) is 12.5. The minimum Gasteiger partial charge on any atom is -0.466 e. The number of unbranched alkanes of at least 4 members (excludes halogenated alkanes) is 7. The van der Waals surface area contributed by atoms with E-state index in [4.69, 9.17) is 10.5 Å². The molecule has 0 radical (unpaired) electrons. The molecule has 16 heavy (non-hydrogen) atoms. The molecule has 0 aliphatic rings. The lowest BCUT2D eigenvalue weighted by Crippen LogP contribution is -2.03. The fraction of sp³-hybridized carbons (Fsp3) is 0.923. The Balaban J connectivity index is 3.01. The number of nitrogens with two attached hydrogens (primary N) is 1. The summed E-state index contributed by atoms with van der Waals surface area (Å²) in [5, 5.41) is 0. The number of rotatable bonds is 11. The average Bonchev–Trinajstić information content (AvgIpc) is 2.27. The third-order valence-corrected chi connectivity index (χ3v) is 2.64. The van der Waals surface area contributed by atoms with E-state index in [-0.39, 0.29) is 5.97 Å². The average molecular weight is 229 g/mol. The highest BCUT2D eigenvalue weighted by Crippen LogP contribution is 2.09. The number of carbonyl (C=O) groups excluding carboxylic acids is 1. The summed E-state index contributed by atoms with van der Waals surface area (Å²) in [5.41, 5.74) is 5.42. The van der Waals surface area contributed by atoms with Crippen molar-refractivity contribution in [2.75, 3.05) is 13.2 Å². The van der Waals surface area contributed by atoms with Crippen molar-refractivity contribution in [1.82, 2.24) is 0 Å². The van der Waals surface area contributed by atoms with E-state index in [0.29, 0.717) is 13.0 Å². The molecule has 0 saturated carbocycles. The zero-order chi connectivity index (χ0) is 12.1. The highest BCUT2D eigenvalue weighted by Gasteiger charge is 2.00. The Morgan fingerprint density at radius 1 is 0.938 bits per heavy atom. The number of hydrogen-bond donors (Lipinski definition) is 1. The van der Waals surface area contributed by atoms with Crippen LogP contribution in [0.15, 0.2) is 0 Å². The second-order valence-corrected chi connectivity index (χ2v) is 4.17. The first-order valence-corrected chi connectivity index (χ1v) is 6.67. The van der Waals surface area contributed by atoms with Crippen molar-refractivity contribution in [3.05, 3.63) is 0 Å². The number of ether oxygens (including phenoxy) is 1. The van der Waals surface area contributed by atoms with E-state index in [1.54, 1.807) is 0 Å². The van der Waals surface area contributed by atoms with Gasteiger partial charge in [0.1, 0.15) is 0 Å². The van der Waals surface area contributed by atoms with Crippen LogP contribution in [0.2, 0.25) is 0 Å². The Bertz CT molecular complexity index is 160. The molecule has 0 aliphatic heterocycles. The highest BCUT2D eigenvalue weighted by molar-refractivity contribution is 5.69. The van der Waals surface area contributed by atoms with Crippen LogP contribution in [0.5, 0.6) is 0 Å². The third kappa shape index (κ3) is 11.5. The molecule has 0 aromatic rings. The van der Waals surface area contributed by atoms with Crippen LogP contribution in [0.4, 0.5) is 0 Å². The molecule has 2 N–H and O–H groups in total. The Morgan fingerprint density at radius 2 is 1.44 bits per heavy atom. The molecule has 0 aromatic heterocycles. The Labute approximate surface area is 99.7 Å². The van der Waals surface area contributed by atoms with Crippen molar-refractivity contribution in [2.45, 2.75) is 64.7 Å². The van der Waals surface area contributed by atoms with E-state index in [1.807, 2.05) is 6.92 Å². The number of esters is 1. The fourth-order valence-electron chi connectivity index (χ4n) is 1.71. The molecule has 0 spiro atoms. The molecule has 0 saturated heterocycles. The maximum atomic E-state index is 11.0. The van der Waals surface area contributed by atoms with Crippen LogP contribution in [-0.4, -0.2) is 19.1 Å². The Hall–Kier alpha value is -0.570. The first-order valence-electron chi connectivity index (χ1n) is 6.67. The van der Waals surface area contributed by atoms with Gasteiger partial charge in [0.2, 0.25) is 0 Å². The van der Waals surface area contributed by atoms with Gasteiger partial charge in [-0.2, -0.15) is 0 Å². The number of hydrogen-bond acceptors (Lipinski definition) is 3. The van der Waals surface area contributed by atoms with E-state index >= 15 is 0 Å². The van der Waals surface area contributed by atoms with Crippen LogP contribution in [0.25, 0.3) is 0 Å². The van der Waals surface area contributed by atoms with Crippen molar-refractivity contribution >= 4 is 5.97 Å². The lowest BCUT2D eigenvalue weighted by Gasteiger charge is -2.02. The molecule has 0 unspecified atom stereocenters. The second-order valence-electron chi connectivity index (χ2n) is 4.17. The number of carbonyl (C=O) groups is 1. The van der Waals surface area contributed by atoms with E-state index in [1.165, 1.54) is 32.1 Å². The smallest absolute Gasteiger partial charge is 0.305 e. The SMILES string of the molecule is CCOC(=O)CCCCCCCCCCN. The van der Waals surface area contributed by atoms with Crippen molar-refractivity contribution in [1.29, 1.82) is 0 Å². The van der Waals surface area contributed by atoms with Crippen LogP contribution in [0, 0.1) is 0 Å². The maximum Gasteiger partial charge on any atom is 0.305 e. The zero-order valence-electron chi connectivity index (χ0n) is 10.7. The van der Waals surface area contributed by atoms with Gasteiger partial charge < -0.3 is 10.5 Å². The van der Waals surface area contributed by atoms with Gasteiger partial charge in [0, 0.05) is 6.42 Å². The molecule has 3 nitrogen and oxygen atoms in total. The van der Waals surface area contributed by atoms with Gasteiger partial charge in [-0.1, -0.05) is 38.5 Å². The minimum atomic E-state index is -0.0505. The zero-order valence-corrected chi connectivity index (χ0v) is 10.7. The lowest BCUT2D eigenvalue weighted by atomic mass is 10.1. The van der Waals surface area contributed by atoms with Crippen LogP contribution >= 0.6 is 0 Å². The third-order valence-electron chi connectivity index (χ3n) is 2.64. The van der Waals surface area contributed by atoms with Crippen LogP contribution in [-0.2, 0) is 9.53 Å². The highest BCUT2D eigenvalue weighted by atomic mass is 16.5. The minimum absolute atomic E-state index is 0.0505. The molecule has 3 heteroatoms. The van der Waals surface area contributed by atoms with Crippen LogP contribution in [0.1, 0.15) is 64.7 Å². The summed E-state index contributed by atoms with van der Waals surface area (Å²) in [5.74, 6) is -0.0505. The summed E-state index contributed by atoms with van der Waals surface area (Å²) in [6, 6.07) is 0. The summed E-state index contributed by atoms with van der Waals surface area (Å²) in [6.07, 6.45) is 10.3. The van der Waals surface area contributed by atoms with E-state index in [0.717, 1.165) is 25.8 Å². The van der Waals surface area contributed by atoms with Crippen molar-refractivity contribution in [2.24, 2.45) is 5.73 Å². The predicted molar refractivity (Wildman–Crippen MR) is 67.2 cm³/mol. The molecular weight excluding hydrogens is 202 g/mol. The standard InChI is InChI=1S/C13H27NO2/c1-2-16-13(15)11-9-7-5-3-4-6-8-10-12-14/h2-12,14H2,1H3. The van der Waals surface area contributed by atoms with Crippen LogP contribution in [0.3, 0.4) is 0 Å². The van der Waals surface area contributed by atoms with Crippen molar-refractivity contribution in [3.63, 3.8) is 0 Å². The molecule has 0 fully saturated rings. The fourth-order valence-corrected chi connectivity index (χ4v) is 1.71.